The quantitative estimate of drug-likeness (QED) is 0.870. The average Bonchev–Trinajstić information content (AvgIpc) is 2.94. The third-order valence-corrected chi connectivity index (χ3v) is 5.36. The van der Waals surface area contributed by atoms with E-state index in [-0.39, 0.29) is 11.9 Å². The Morgan fingerprint density at radius 2 is 1.68 bits per heavy atom. The van der Waals surface area contributed by atoms with E-state index in [1.54, 1.807) is 34.1 Å². The number of aryl methyl sites for hydroxylation is 2. The molecule has 0 bridgehead atoms. The van der Waals surface area contributed by atoms with Crippen LogP contribution in [0.4, 0.5) is 10.5 Å². The van der Waals surface area contributed by atoms with Crippen LogP contribution < -0.4 is 5.32 Å². The second-order valence-corrected chi connectivity index (χ2v) is 7.50. The number of aromatic nitrogens is 1. The summed E-state index contributed by atoms with van der Waals surface area (Å²) >= 11 is 7.26. The van der Waals surface area contributed by atoms with Crippen molar-refractivity contribution in [2.24, 2.45) is 0 Å². The minimum Gasteiger partial charge on any atom is -0.334 e. The van der Waals surface area contributed by atoms with Crippen LogP contribution in [-0.4, -0.2) is 52.9 Å². The molecule has 132 valence electrons. The van der Waals surface area contributed by atoms with Crippen LogP contribution in [0.1, 0.15) is 20.4 Å². The number of amides is 3. The first-order valence-electron chi connectivity index (χ1n) is 7.99. The van der Waals surface area contributed by atoms with Gasteiger partial charge in [0.05, 0.1) is 10.7 Å². The second kappa shape index (κ2) is 7.41. The highest BCUT2D eigenvalue weighted by Crippen LogP contribution is 2.20. The zero-order valence-electron chi connectivity index (χ0n) is 14.1. The molecule has 0 saturated carbocycles. The van der Waals surface area contributed by atoms with Crippen molar-refractivity contribution < 1.29 is 9.59 Å². The molecule has 1 aliphatic heterocycles. The first kappa shape index (κ1) is 17.7. The molecule has 0 radical (unpaired) electrons. The second-order valence-electron chi connectivity index (χ2n) is 5.86. The van der Waals surface area contributed by atoms with Gasteiger partial charge in [-0.15, -0.1) is 11.3 Å². The molecular formula is C17H19ClN4O2S. The molecule has 1 saturated heterocycles. The van der Waals surface area contributed by atoms with E-state index in [0.717, 1.165) is 10.7 Å². The van der Waals surface area contributed by atoms with E-state index in [2.05, 4.69) is 10.3 Å². The maximum atomic E-state index is 12.6. The Kier molecular flexibility index (Phi) is 5.24. The number of nitrogens with zero attached hydrogens (tertiary/aromatic N) is 3. The lowest BCUT2D eigenvalue weighted by molar-refractivity contribution is 0.0675. The molecule has 0 atom stereocenters. The molecule has 2 heterocycles. The molecule has 1 aromatic heterocycles. The number of hydrogen-bond donors (Lipinski definition) is 1. The van der Waals surface area contributed by atoms with Gasteiger partial charge in [-0.2, -0.15) is 0 Å². The number of piperazine rings is 1. The molecule has 0 spiro atoms. The lowest BCUT2D eigenvalue weighted by Crippen LogP contribution is -2.51. The maximum Gasteiger partial charge on any atom is 0.321 e. The molecule has 8 heteroatoms. The SMILES string of the molecule is Cc1nc(C)c(C(=O)N2CCN(C(=O)Nc3ccc(Cl)cc3)CC2)s1. The molecule has 6 nitrogen and oxygen atoms in total. The zero-order valence-corrected chi connectivity index (χ0v) is 15.7. The van der Waals surface area contributed by atoms with E-state index < -0.39 is 0 Å². The van der Waals surface area contributed by atoms with Crippen LogP contribution in [0.15, 0.2) is 24.3 Å². The van der Waals surface area contributed by atoms with Gasteiger partial charge in [0.25, 0.3) is 5.91 Å². The van der Waals surface area contributed by atoms with Gasteiger partial charge in [-0.25, -0.2) is 9.78 Å². The van der Waals surface area contributed by atoms with Crippen molar-refractivity contribution in [3.63, 3.8) is 0 Å². The minimum atomic E-state index is -0.167. The van der Waals surface area contributed by atoms with Gasteiger partial charge in [-0.1, -0.05) is 11.6 Å². The number of carbonyl (C=O) groups excluding carboxylic acids is 2. The van der Waals surface area contributed by atoms with Crippen LogP contribution in [0.2, 0.25) is 5.02 Å². The van der Waals surface area contributed by atoms with E-state index in [1.165, 1.54) is 11.3 Å². The summed E-state index contributed by atoms with van der Waals surface area (Å²) in [5.41, 5.74) is 1.47. The number of urea groups is 1. The van der Waals surface area contributed by atoms with Gasteiger partial charge < -0.3 is 15.1 Å². The lowest BCUT2D eigenvalue weighted by Gasteiger charge is -2.34. The molecule has 1 aliphatic rings. The number of anilines is 1. The van der Waals surface area contributed by atoms with Gasteiger partial charge in [0.1, 0.15) is 4.88 Å². The highest BCUT2D eigenvalue weighted by atomic mass is 35.5. The van der Waals surface area contributed by atoms with Crippen molar-refractivity contribution in [3.05, 3.63) is 44.9 Å². The van der Waals surface area contributed by atoms with Gasteiger partial charge in [0.2, 0.25) is 0 Å². The van der Waals surface area contributed by atoms with E-state index in [0.29, 0.717) is 41.8 Å². The molecule has 25 heavy (non-hydrogen) atoms. The maximum absolute atomic E-state index is 12.6. The van der Waals surface area contributed by atoms with Crippen LogP contribution in [0.25, 0.3) is 0 Å². The summed E-state index contributed by atoms with van der Waals surface area (Å²) in [5.74, 6) is 0.000796. The van der Waals surface area contributed by atoms with Crippen molar-refractivity contribution in [3.8, 4) is 0 Å². The number of thiazole rings is 1. The number of nitrogens with one attached hydrogen (secondary N) is 1. The molecular weight excluding hydrogens is 360 g/mol. The van der Waals surface area contributed by atoms with Crippen LogP contribution >= 0.6 is 22.9 Å². The first-order valence-corrected chi connectivity index (χ1v) is 9.18. The van der Waals surface area contributed by atoms with Gasteiger partial charge in [-0.05, 0) is 38.1 Å². The average molecular weight is 379 g/mol. The Hall–Kier alpha value is -2.12. The van der Waals surface area contributed by atoms with Crippen LogP contribution in [0.3, 0.4) is 0 Å². The summed E-state index contributed by atoms with van der Waals surface area (Å²) in [5, 5.41) is 4.36. The zero-order chi connectivity index (χ0) is 18.0. The summed E-state index contributed by atoms with van der Waals surface area (Å²) in [4.78, 5) is 33.4. The van der Waals surface area contributed by atoms with E-state index >= 15 is 0 Å². The van der Waals surface area contributed by atoms with E-state index in [9.17, 15) is 9.59 Å². The fourth-order valence-corrected chi connectivity index (χ4v) is 3.74. The molecule has 1 aromatic carbocycles. The largest absolute Gasteiger partial charge is 0.334 e. The summed E-state index contributed by atoms with van der Waals surface area (Å²) in [6.45, 7) is 5.79. The first-order chi connectivity index (χ1) is 11.9. The van der Waals surface area contributed by atoms with Crippen LogP contribution in [0, 0.1) is 13.8 Å². The minimum absolute atomic E-state index is 0.000796. The molecule has 0 aliphatic carbocycles. The third kappa shape index (κ3) is 4.11. The van der Waals surface area contributed by atoms with Crippen molar-refractivity contribution in [1.82, 2.24) is 14.8 Å². The number of halogens is 1. The Morgan fingerprint density at radius 1 is 1.08 bits per heavy atom. The molecule has 3 amide bonds. The normalized spacial score (nSPS) is 14.5. The monoisotopic (exact) mass is 378 g/mol. The van der Waals surface area contributed by atoms with Crippen molar-refractivity contribution in [1.29, 1.82) is 0 Å². The number of benzene rings is 1. The summed E-state index contributed by atoms with van der Waals surface area (Å²) in [6, 6.07) is 6.81. The molecule has 1 N–H and O–H groups in total. The Labute approximate surface area is 155 Å². The number of hydrogen-bond acceptors (Lipinski definition) is 4. The third-order valence-electron chi connectivity index (χ3n) is 4.05. The van der Waals surface area contributed by atoms with Gasteiger partial charge in [-0.3, -0.25) is 4.79 Å². The van der Waals surface area contributed by atoms with Crippen molar-refractivity contribution >= 4 is 40.6 Å². The predicted octanol–water partition coefficient (Wildman–Crippen LogP) is 3.40. The fourth-order valence-electron chi connectivity index (χ4n) is 2.72. The van der Waals surface area contributed by atoms with Gasteiger partial charge >= 0.3 is 6.03 Å². The topological polar surface area (TPSA) is 65.5 Å². The molecule has 1 fully saturated rings. The highest BCUT2D eigenvalue weighted by Gasteiger charge is 2.27. The van der Waals surface area contributed by atoms with Gasteiger partial charge in [0.15, 0.2) is 0 Å². The van der Waals surface area contributed by atoms with Crippen molar-refractivity contribution in [2.45, 2.75) is 13.8 Å². The fraction of sp³-hybridized carbons (Fsp3) is 0.353. The Bertz CT molecular complexity index is 782. The van der Waals surface area contributed by atoms with Crippen LogP contribution in [-0.2, 0) is 0 Å². The molecule has 0 unspecified atom stereocenters. The molecule has 2 aromatic rings. The Balaban J connectivity index is 1.56. The van der Waals surface area contributed by atoms with Gasteiger partial charge in [0, 0.05) is 36.9 Å². The summed E-state index contributed by atoms with van der Waals surface area (Å²) in [7, 11) is 0. The summed E-state index contributed by atoms with van der Waals surface area (Å²) < 4.78 is 0. The lowest BCUT2D eigenvalue weighted by atomic mass is 10.2. The smallest absolute Gasteiger partial charge is 0.321 e. The van der Waals surface area contributed by atoms with E-state index in [1.807, 2.05) is 13.8 Å². The number of carbonyl (C=O) groups is 2. The highest BCUT2D eigenvalue weighted by molar-refractivity contribution is 7.13. The molecule has 3 rings (SSSR count). The van der Waals surface area contributed by atoms with E-state index in [4.69, 9.17) is 11.6 Å². The number of rotatable bonds is 2. The standard InChI is InChI=1S/C17H19ClN4O2S/c1-11-15(25-12(2)19-11)16(23)21-7-9-22(10-8-21)17(24)20-14-5-3-13(18)4-6-14/h3-6H,7-10H2,1-2H3,(H,20,24). The predicted molar refractivity (Wildman–Crippen MR) is 99.5 cm³/mol. The van der Waals surface area contributed by atoms with Crippen LogP contribution in [0.5, 0.6) is 0 Å². The Morgan fingerprint density at radius 3 is 2.24 bits per heavy atom. The summed E-state index contributed by atoms with van der Waals surface area (Å²) in [6.07, 6.45) is 0. The van der Waals surface area contributed by atoms with Crippen molar-refractivity contribution in [2.75, 3.05) is 31.5 Å².